The zero-order chi connectivity index (χ0) is 71.5. The largest absolute Gasteiger partial charge is 0.508 e. The summed E-state index contributed by atoms with van der Waals surface area (Å²) in [5, 5.41) is 44.0. The quantitative estimate of drug-likeness (QED) is 0.0149. The van der Waals surface area contributed by atoms with Crippen molar-refractivity contribution in [3.8, 4) is 5.75 Å². The summed E-state index contributed by atoms with van der Waals surface area (Å²) < 4.78 is 31.7. The van der Waals surface area contributed by atoms with Crippen LogP contribution in [0.2, 0.25) is 0 Å². The third kappa shape index (κ3) is 26.7. The predicted octanol–water partition coefficient (Wildman–Crippen LogP) is -3.89. The minimum absolute atomic E-state index is 0.00111. The van der Waals surface area contributed by atoms with Crippen LogP contribution in [0.1, 0.15) is 81.8 Å². The van der Waals surface area contributed by atoms with Crippen molar-refractivity contribution in [2.45, 2.75) is 155 Å². The fraction of sp³-hybridized carbons (Fsp3) is 0.534. The number of nitrogens with one attached hydrogen (secondary N) is 10. The number of nitrogens with zero attached hydrogens (tertiary/aromatic N) is 2. The van der Waals surface area contributed by atoms with Gasteiger partial charge in [-0.2, -0.15) is 24.9 Å². The minimum atomic E-state index is -5.08. The molecule has 2 aromatic rings. The summed E-state index contributed by atoms with van der Waals surface area (Å²) in [5.74, 6) is -13.7. The molecule has 6 rings (SSSR count). The van der Waals surface area contributed by atoms with Crippen LogP contribution in [0.5, 0.6) is 5.75 Å². The van der Waals surface area contributed by atoms with E-state index >= 15 is 0 Å². The van der Waals surface area contributed by atoms with Crippen LogP contribution in [0, 0.1) is 0 Å². The van der Waals surface area contributed by atoms with Crippen LogP contribution in [0.15, 0.2) is 59.6 Å². The number of unbranched alkanes of at least 4 members (excludes halogenated alkanes) is 1. The van der Waals surface area contributed by atoms with Gasteiger partial charge in [-0.15, -0.1) is 0 Å². The number of fused-ring (bicyclic) bond motifs is 1. The number of halogens is 3. The molecule has 0 radical (unpaired) electrons. The summed E-state index contributed by atoms with van der Waals surface area (Å²) in [6.45, 7) is -0.533. The lowest BCUT2D eigenvalue weighted by Gasteiger charge is -2.31. The molecule has 33 nitrogen and oxygen atoms in total. The molecule has 4 heterocycles. The Morgan fingerprint density at radius 3 is 1.89 bits per heavy atom. The molecule has 39 heteroatoms. The first-order valence-corrected chi connectivity index (χ1v) is 34.1. The second kappa shape index (κ2) is 38.5. The average Bonchev–Trinajstić information content (AvgIpc) is 1.72. The number of aromatic hydroxyl groups is 1. The number of hydrogen-bond donors (Lipinski definition) is 17. The minimum Gasteiger partial charge on any atom is -0.508 e. The number of nitrogens with two attached hydrogens (primary N) is 5. The number of amides is 14. The number of carbonyl (C=O) groups excluding carboxylic acids is 13. The number of urea groups is 1. The van der Waals surface area contributed by atoms with Gasteiger partial charge < -0.3 is 96.9 Å². The summed E-state index contributed by atoms with van der Waals surface area (Å²) in [6.07, 6.45) is -5.17. The molecule has 4 fully saturated rings. The molecule has 0 aromatic heterocycles. The molecule has 4 aliphatic heterocycles. The highest BCUT2D eigenvalue weighted by Crippen LogP contribution is 2.33. The number of benzene rings is 2. The van der Waals surface area contributed by atoms with Crippen molar-refractivity contribution in [2.24, 2.45) is 33.7 Å². The van der Waals surface area contributed by atoms with E-state index < -0.39 is 157 Å². The molecular weight excluding hydrogens is 1340 g/mol. The highest BCUT2D eigenvalue weighted by Gasteiger charge is 2.44. The van der Waals surface area contributed by atoms with Gasteiger partial charge in [-0.3, -0.25) is 62.5 Å². The maximum absolute atomic E-state index is 15.0. The van der Waals surface area contributed by atoms with Crippen LogP contribution < -0.4 is 81.8 Å². The van der Waals surface area contributed by atoms with Gasteiger partial charge in [-0.05, 0) is 68.2 Å². The normalized spacial score (nSPS) is 23.6. The standard InChI is InChI=1S/C56H79N17O14S3.C2HF3O2/c57-42(75)19-18-33-48(80)69-36(24-43(58)76)51(83)70-39(54(86)73-21-7-11-40(73)53(85)66-32(10-6-20-62-55(60)61)47(79)63-25-44(59)77)28-90-89-27-38(64-45(78)13-5-4-12-41-46-37(26-88-41)71-56(87)72-46)52(84)68-35(23-30-14-16-31(74)17-15-30)50(82)67-34(49(81)65-33)22-29-8-2-1-3-9-29;3-2(4,5)1(6)7/h1-3,8-9,14-17,32-41,46,74H,4-7,10-13,18-28H2,(H2,57,75)(H2,58,76)(H2,59,77)(H,63,79)(H,64,78)(H,65,81)(H,66,85)(H,67,82)(H,68,84)(H,69,80)(H,70,83)(H4,60,61,62)(H2,71,72,87);(H,6,7)/t32-,33-,34-,35-,36-,37-,38-,39-,40-,41-,46-;/m0./s1. The lowest BCUT2D eigenvalue weighted by molar-refractivity contribution is -0.192. The number of aliphatic imine (C=N–C) groups is 1. The molecule has 0 saturated carbocycles. The van der Waals surface area contributed by atoms with Gasteiger partial charge in [0.1, 0.15) is 54.1 Å². The number of carboxylic acids is 1. The van der Waals surface area contributed by atoms with E-state index in [0.717, 1.165) is 27.3 Å². The number of phenolic OH excluding ortho intramolecular Hbond substituents is 1. The van der Waals surface area contributed by atoms with Crippen LogP contribution >= 0.6 is 33.3 Å². The molecule has 14 amide bonds. The van der Waals surface area contributed by atoms with Gasteiger partial charge in [0, 0.05) is 61.3 Å². The van der Waals surface area contributed by atoms with Crippen LogP contribution in [-0.4, -0.2) is 213 Å². The van der Waals surface area contributed by atoms with E-state index in [4.69, 9.17) is 38.6 Å². The maximum Gasteiger partial charge on any atom is 0.490 e. The van der Waals surface area contributed by atoms with Crippen LogP contribution in [0.4, 0.5) is 18.0 Å². The molecule has 0 bridgehead atoms. The van der Waals surface area contributed by atoms with Gasteiger partial charge in [0.2, 0.25) is 70.9 Å². The van der Waals surface area contributed by atoms with Crippen LogP contribution in [0.25, 0.3) is 0 Å². The SMILES string of the molecule is NC(=O)CC[C@@H]1NC(=O)[C@H](Cc2ccccc2)NC(=O)[C@H](Cc2ccc(O)cc2)NC(=O)[C@@H](NC(=O)CCCC[C@@H]2SC[C@@H]3NC(=O)N[C@@H]32)CSSC[C@@H](C(=O)N2CCC[C@H]2C(=O)N[C@@H](CCCN=C(N)N)C(=O)NCC(N)=O)NC(=O)[C@H](CC(N)=O)NC1=O.O=C(O)C(F)(F)F. The number of carboxylic acid groups (broad SMARTS) is 1. The molecule has 0 aliphatic carbocycles. The van der Waals surface area contributed by atoms with E-state index in [0.29, 0.717) is 30.4 Å². The number of rotatable bonds is 25. The Morgan fingerprint density at radius 2 is 1.27 bits per heavy atom. The Morgan fingerprint density at radius 1 is 0.670 bits per heavy atom. The predicted molar refractivity (Wildman–Crippen MR) is 347 cm³/mol. The zero-order valence-corrected chi connectivity index (χ0v) is 54.7. The number of hydrogen-bond acceptors (Lipinski definition) is 19. The van der Waals surface area contributed by atoms with E-state index in [9.17, 15) is 80.6 Å². The molecule has 0 spiro atoms. The maximum atomic E-state index is 15.0. The molecule has 22 N–H and O–H groups in total. The molecule has 0 unspecified atom stereocenters. The number of alkyl halides is 3. The summed E-state index contributed by atoms with van der Waals surface area (Å²) in [7, 11) is 1.92. The summed E-state index contributed by atoms with van der Waals surface area (Å²) in [4.78, 5) is 192. The van der Waals surface area contributed by atoms with Crippen molar-refractivity contribution in [1.82, 2.24) is 58.1 Å². The second-order valence-electron chi connectivity index (χ2n) is 22.8. The van der Waals surface area contributed by atoms with E-state index in [1.165, 1.54) is 29.2 Å². The van der Waals surface area contributed by atoms with Gasteiger partial charge in [0.05, 0.1) is 25.0 Å². The Kier molecular flexibility index (Phi) is 31.1. The van der Waals surface area contributed by atoms with Crippen molar-refractivity contribution in [1.29, 1.82) is 0 Å². The van der Waals surface area contributed by atoms with E-state index in [2.05, 4.69) is 58.2 Å². The summed E-state index contributed by atoms with van der Waals surface area (Å²) in [6, 6.07) is 1.83. The van der Waals surface area contributed by atoms with Crippen molar-refractivity contribution in [3.05, 3.63) is 65.7 Å². The first-order valence-electron chi connectivity index (χ1n) is 30.5. The Balaban J connectivity index is 0.00000230. The first-order chi connectivity index (χ1) is 45.9. The molecule has 2 aromatic carbocycles. The molecule has 11 atom stereocenters. The number of thioether (sulfide) groups is 1. The van der Waals surface area contributed by atoms with Crippen molar-refractivity contribution < 1.29 is 90.5 Å². The summed E-state index contributed by atoms with van der Waals surface area (Å²) in [5.41, 5.74) is 28.3. The third-order valence-electron chi connectivity index (χ3n) is 15.3. The monoisotopic (exact) mass is 1420 g/mol. The number of phenols is 1. The molecule has 4 saturated heterocycles. The van der Waals surface area contributed by atoms with Gasteiger partial charge in [-0.1, -0.05) is 70.5 Å². The van der Waals surface area contributed by atoms with E-state index in [1.54, 1.807) is 42.1 Å². The van der Waals surface area contributed by atoms with Crippen LogP contribution in [-0.2, 0) is 75.2 Å². The van der Waals surface area contributed by atoms with Crippen molar-refractivity contribution >= 4 is 122 Å². The fourth-order valence-corrected chi connectivity index (χ4v) is 14.3. The topological polar surface area (TPSA) is 545 Å². The van der Waals surface area contributed by atoms with Gasteiger partial charge in [0.15, 0.2) is 5.96 Å². The third-order valence-corrected chi connectivity index (χ3v) is 19.2. The lowest BCUT2D eigenvalue weighted by Crippen LogP contribution is -2.61. The van der Waals surface area contributed by atoms with E-state index in [1.807, 2.05) is 0 Å². The van der Waals surface area contributed by atoms with Crippen molar-refractivity contribution in [3.63, 3.8) is 0 Å². The number of likely N-dealkylation sites (tertiary alicyclic amines) is 1. The van der Waals surface area contributed by atoms with Gasteiger partial charge in [-0.25, -0.2) is 9.59 Å². The number of primary amides is 3. The zero-order valence-electron chi connectivity index (χ0n) is 52.2. The number of carbonyl (C=O) groups is 14. The first kappa shape index (κ1) is 78.4. The molecule has 4 aliphatic rings. The fourth-order valence-electron chi connectivity index (χ4n) is 10.4. The summed E-state index contributed by atoms with van der Waals surface area (Å²) >= 11 is 1.72. The smallest absolute Gasteiger partial charge is 0.490 e. The van der Waals surface area contributed by atoms with Crippen molar-refractivity contribution in [2.75, 3.05) is 36.9 Å². The highest BCUT2D eigenvalue weighted by molar-refractivity contribution is 8.76. The van der Waals surface area contributed by atoms with E-state index in [-0.39, 0.29) is 105 Å². The Hall–Kier alpha value is -9.27. The number of guanidine groups is 1. The highest BCUT2D eigenvalue weighted by atomic mass is 33.1. The molecule has 532 valence electrons. The van der Waals surface area contributed by atoms with Crippen LogP contribution in [0.3, 0.4) is 0 Å². The van der Waals surface area contributed by atoms with Gasteiger partial charge >= 0.3 is 18.2 Å². The van der Waals surface area contributed by atoms with Gasteiger partial charge in [0.25, 0.3) is 0 Å². The Labute approximate surface area is 565 Å². The molecular formula is C58H80F3N17O16S3. The Bertz CT molecular complexity index is 3200. The molecule has 97 heavy (non-hydrogen) atoms. The average molecular weight is 1420 g/mol. The second-order valence-corrected chi connectivity index (χ2v) is 26.6. The lowest BCUT2D eigenvalue weighted by atomic mass is 10.0. The number of aliphatic carboxylic acids is 1.